The highest BCUT2D eigenvalue weighted by Crippen LogP contribution is 2.37. The van der Waals surface area contributed by atoms with Crippen LogP contribution in [0.3, 0.4) is 0 Å². The Kier molecular flexibility index (Phi) is 3.04. The minimum atomic E-state index is -0.914. The van der Waals surface area contributed by atoms with E-state index in [0.717, 1.165) is 0 Å². The molecule has 15 heavy (non-hydrogen) atoms. The van der Waals surface area contributed by atoms with Gasteiger partial charge in [0, 0.05) is 6.04 Å². The molecule has 0 bridgehead atoms. The summed E-state index contributed by atoms with van der Waals surface area (Å²) in [5, 5.41) is 20.7. The molecule has 1 aliphatic heterocycles. The Bertz CT molecular complexity index is 287. The van der Waals surface area contributed by atoms with Gasteiger partial charge in [-0.05, 0) is 11.8 Å². The van der Waals surface area contributed by atoms with E-state index < -0.39 is 23.9 Å². The van der Waals surface area contributed by atoms with Crippen LogP contribution in [-0.2, 0) is 9.59 Å². The van der Waals surface area contributed by atoms with Crippen LogP contribution in [0.2, 0.25) is 0 Å². The van der Waals surface area contributed by atoms with Crippen molar-refractivity contribution >= 4 is 11.9 Å². The van der Waals surface area contributed by atoms with Gasteiger partial charge in [0.25, 0.3) is 0 Å². The number of carboxylic acids is 2. The zero-order valence-electron chi connectivity index (χ0n) is 9.15. The highest BCUT2D eigenvalue weighted by molar-refractivity contribution is 5.75. The number of hydrogen-bond acceptors (Lipinski definition) is 3. The molecule has 1 fully saturated rings. The molecule has 3 atom stereocenters. The van der Waals surface area contributed by atoms with E-state index in [-0.39, 0.29) is 11.5 Å². The lowest BCUT2D eigenvalue weighted by Gasteiger charge is -2.29. The molecule has 5 nitrogen and oxygen atoms in total. The molecular weight excluding hydrogens is 198 g/mol. The fraction of sp³-hybridized carbons (Fsp3) is 0.800. The number of carbonyl (C=O) groups is 2. The van der Waals surface area contributed by atoms with Crippen LogP contribution < -0.4 is 5.32 Å². The van der Waals surface area contributed by atoms with Crippen molar-refractivity contribution in [3.05, 3.63) is 0 Å². The van der Waals surface area contributed by atoms with E-state index in [1.165, 1.54) is 0 Å². The van der Waals surface area contributed by atoms with Gasteiger partial charge in [-0.1, -0.05) is 20.8 Å². The van der Waals surface area contributed by atoms with Crippen molar-refractivity contribution in [2.45, 2.75) is 39.3 Å². The van der Waals surface area contributed by atoms with Gasteiger partial charge in [0.15, 0.2) is 0 Å². The quantitative estimate of drug-likeness (QED) is 0.640. The van der Waals surface area contributed by atoms with Crippen LogP contribution in [0.25, 0.3) is 0 Å². The SMILES string of the molecule is C[C@@H](C(=O)O)[C@H]1N[C@H](C(=O)O)CC1(C)C. The largest absolute Gasteiger partial charge is 0.481 e. The number of hydrogen-bond donors (Lipinski definition) is 3. The highest BCUT2D eigenvalue weighted by atomic mass is 16.4. The lowest BCUT2D eigenvalue weighted by atomic mass is 9.78. The second-order valence-corrected chi connectivity index (χ2v) is 4.85. The van der Waals surface area contributed by atoms with Crippen molar-refractivity contribution in [2.75, 3.05) is 0 Å². The molecule has 86 valence electrons. The summed E-state index contributed by atoms with van der Waals surface area (Å²) in [7, 11) is 0. The number of aliphatic carboxylic acids is 2. The van der Waals surface area contributed by atoms with E-state index >= 15 is 0 Å². The van der Waals surface area contributed by atoms with Crippen molar-refractivity contribution in [1.82, 2.24) is 5.32 Å². The maximum Gasteiger partial charge on any atom is 0.320 e. The molecule has 0 aromatic carbocycles. The second kappa shape index (κ2) is 3.81. The highest BCUT2D eigenvalue weighted by Gasteiger charge is 2.46. The molecule has 0 aliphatic carbocycles. The van der Waals surface area contributed by atoms with Crippen LogP contribution >= 0.6 is 0 Å². The summed E-state index contributed by atoms with van der Waals surface area (Å²) in [4.78, 5) is 21.7. The van der Waals surface area contributed by atoms with Gasteiger partial charge in [-0.15, -0.1) is 0 Å². The monoisotopic (exact) mass is 215 g/mol. The van der Waals surface area contributed by atoms with Crippen LogP contribution in [0.15, 0.2) is 0 Å². The van der Waals surface area contributed by atoms with Gasteiger partial charge in [0.2, 0.25) is 0 Å². The summed E-state index contributed by atoms with van der Waals surface area (Å²) in [6, 6.07) is -0.928. The first-order valence-electron chi connectivity index (χ1n) is 4.97. The first-order chi connectivity index (χ1) is 6.75. The lowest BCUT2D eigenvalue weighted by molar-refractivity contribution is -0.143. The molecule has 1 rings (SSSR count). The van der Waals surface area contributed by atoms with E-state index in [1.807, 2.05) is 13.8 Å². The minimum absolute atomic E-state index is 0.295. The van der Waals surface area contributed by atoms with Crippen molar-refractivity contribution in [3.63, 3.8) is 0 Å². The molecule has 1 aliphatic rings. The molecule has 0 saturated carbocycles. The van der Waals surface area contributed by atoms with Crippen LogP contribution in [0.5, 0.6) is 0 Å². The van der Waals surface area contributed by atoms with Crippen LogP contribution in [0.4, 0.5) is 0 Å². The summed E-state index contributed by atoms with van der Waals surface area (Å²) >= 11 is 0. The van der Waals surface area contributed by atoms with E-state index in [2.05, 4.69) is 5.32 Å². The molecule has 0 aromatic heterocycles. The van der Waals surface area contributed by atoms with Gasteiger partial charge in [0.05, 0.1) is 5.92 Å². The summed E-state index contributed by atoms with van der Waals surface area (Å²) in [6.07, 6.45) is 0.463. The average Bonchev–Trinajstić information content (AvgIpc) is 2.40. The topological polar surface area (TPSA) is 86.6 Å². The predicted molar refractivity (Wildman–Crippen MR) is 53.5 cm³/mol. The fourth-order valence-electron chi connectivity index (χ4n) is 2.28. The number of carboxylic acid groups (broad SMARTS) is 2. The number of nitrogens with one attached hydrogen (secondary N) is 1. The van der Waals surface area contributed by atoms with E-state index in [1.54, 1.807) is 6.92 Å². The molecule has 0 amide bonds. The first-order valence-corrected chi connectivity index (χ1v) is 4.97. The Morgan fingerprint density at radius 3 is 2.27 bits per heavy atom. The molecule has 0 unspecified atom stereocenters. The van der Waals surface area contributed by atoms with Gasteiger partial charge in [-0.3, -0.25) is 9.59 Å². The molecule has 0 aromatic rings. The van der Waals surface area contributed by atoms with Gasteiger partial charge in [-0.2, -0.15) is 0 Å². The van der Waals surface area contributed by atoms with E-state index in [4.69, 9.17) is 10.2 Å². The minimum Gasteiger partial charge on any atom is -0.481 e. The third-order valence-corrected chi connectivity index (χ3v) is 3.14. The fourth-order valence-corrected chi connectivity index (χ4v) is 2.28. The van der Waals surface area contributed by atoms with Crippen LogP contribution in [0, 0.1) is 11.3 Å². The van der Waals surface area contributed by atoms with Crippen LogP contribution in [-0.4, -0.2) is 34.2 Å². The van der Waals surface area contributed by atoms with Gasteiger partial charge < -0.3 is 15.5 Å². The van der Waals surface area contributed by atoms with Crippen molar-refractivity contribution < 1.29 is 19.8 Å². The Balaban J connectivity index is 2.82. The molecule has 3 N–H and O–H groups in total. The Morgan fingerprint density at radius 1 is 1.40 bits per heavy atom. The Hall–Kier alpha value is -1.10. The van der Waals surface area contributed by atoms with Gasteiger partial charge in [-0.25, -0.2) is 0 Å². The normalized spacial score (nSPS) is 31.1. The summed E-state index contributed by atoms with van der Waals surface area (Å²) in [5.41, 5.74) is -0.305. The van der Waals surface area contributed by atoms with Crippen LogP contribution in [0.1, 0.15) is 27.2 Å². The zero-order chi connectivity index (χ0) is 11.8. The summed E-state index contributed by atoms with van der Waals surface area (Å²) in [5.74, 6) is -2.39. The molecule has 1 heterocycles. The molecule has 5 heteroatoms. The molecule has 1 saturated heterocycles. The maximum atomic E-state index is 10.9. The maximum absolute atomic E-state index is 10.9. The summed E-state index contributed by atoms with van der Waals surface area (Å²) < 4.78 is 0. The van der Waals surface area contributed by atoms with Gasteiger partial charge >= 0.3 is 11.9 Å². The third-order valence-electron chi connectivity index (χ3n) is 3.14. The van der Waals surface area contributed by atoms with E-state index in [9.17, 15) is 9.59 Å². The average molecular weight is 215 g/mol. The third kappa shape index (κ3) is 2.28. The summed E-state index contributed by atoms with van der Waals surface area (Å²) in [6.45, 7) is 5.39. The first kappa shape index (κ1) is 12.0. The lowest BCUT2D eigenvalue weighted by Crippen LogP contribution is -2.44. The Morgan fingerprint density at radius 2 is 1.93 bits per heavy atom. The molecule has 0 spiro atoms. The second-order valence-electron chi connectivity index (χ2n) is 4.85. The van der Waals surface area contributed by atoms with Crippen molar-refractivity contribution in [1.29, 1.82) is 0 Å². The molecular formula is C10H17NO4. The molecule has 0 radical (unpaired) electrons. The predicted octanol–water partition coefficient (Wildman–Crippen LogP) is 0.548. The standard InChI is InChI=1S/C10H17NO4/c1-5(8(12)13)7-10(2,3)4-6(11-7)9(14)15/h5-7,11H,4H2,1-3H3,(H,12,13)(H,14,15)/t5-,6+,7-/m1/s1. The Labute approximate surface area is 88.5 Å². The van der Waals surface area contributed by atoms with Crippen molar-refractivity contribution in [2.24, 2.45) is 11.3 Å². The zero-order valence-corrected chi connectivity index (χ0v) is 9.15. The van der Waals surface area contributed by atoms with E-state index in [0.29, 0.717) is 6.42 Å². The van der Waals surface area contributed by atoms with Crippen molar-refractivity contribution in [3.8, 4) is 0 Å². The smallest absolute Gasteiger partial charge is 0.320 e. The van der Waals surface area contributed by atoms with Gasteiger partial charge in [0.1, 0.15) is 6.04 Å². The number of rotatable bonds is 3.